The van der Waals surface area contributed by atoms with Gasteiger partial charge in [0.05, 0.1) is 0 Å². The van der Waals surface area contributed by atoms with Gasteiger partial charge < -0.3 is 14.2 Å². The molecular weight excluding hydrogens is 901 g/mol. The van der Waals surface area contributed by atoms with Crippen molar-refractivity contribution in [1.82, 2.24) is 0 Å². The summed E-state index contributed by atoms with van der Waals surface area (Å²) in [5.41, 5.74) is 0. The van der Waals surface area contributed by atoms with Crippen molar-refractivity contribution in [2.45, 2.75) is 258 Å². The van der Waals surface area contributed by atoms with Crippen LogP contribution in [-0.2, 0) is 28.6 Å². The summed E-state index contributed by atoms with van der Waals surface area (Å²) in [7, 11) is 0. The molecule has 0 saturated heterocycles. The maximum absolute atomic E-state index is 12.9. The van der Waals surface area contributed by atoms with Crippen LogP contribution in [-0.4, -0.2) is 37.2 Å². The van der Waals surface area contributed by atoms with Gasteiger partial charge >= 0.3 is 17.9 Å². The molecule has 0 aliphatic rings. The van der Waals surface area contributed by atoms with E-state index in [0.717, 1.165) is 161 Å². The van der Waals surface area contributed by atoms with E-state index in [4.69, 9.17) is 14.2 Å². The van der Waals surface area contributed by atoms with Gasteiger partial charge in [0, 0.05) is 19.3 Å². The van der Waals surface area contributed by atoms with Gasteiger partial charge in [-0.25, -0.2) is 0 Å². The fourth-order valence-electron chi connectivity index (χ4n) is 7.72. The van der Waals surface area contributed by atoms with Crippen LogP contribution in [0.2, 0.25) is 0 Å². The Labute approximate surface area is 449 Å². The molecule has 0 rings (SSSR count). The minimum absolute atomic E-state index is 0.103. The number of carbonyl (C=O) groups is 3. The summed E-state index contributed by atoms with van der Waals surface area (Å²) in [5.74, 6) is -0.955. The molecule has 0 amide bonds. The van der Waals surface area contributed by atoms with Gasteiger partial charge in [-0.15, -0.1) is 0 Å². The zero-order chi connectivity index (χ0) is 52.9. The third kappa shape index (κ3) is 58.3. The molecule has 0 aromatic carbocycles. The molecule has 1 unspecified atom stereocenters. The van der Waals surface area contributed by atoms with Crippen molar-refractivity contribution in [2.24, 2.45) is 0 Å². The van der Waals surface area contributed by atoms with E-state index in [9.17, 15) is 14.4 Å². The first-order chi connectivity index (χ1) is 36.0. The number of unbranched alkanes of at least 4 members (excludes halogenated alkanes) is 19. The van der Waals surface area contributed by atoms with Gasteiger partial charge in [-0.05, 0) is 135 Å². The first-order valence-electron chi connectivity index (χ1n) is 29.7. The molecule has 0 bridgehead atoms. The van der Waals surface area contributed by atoms with Crippen molar-refractivity contribution in [2.75, 3.05) is 13.2 Å². The summed E-state index contributed by atoms with van der Waals surface area (Å²) in [6.45, 7) is 6.34. The van der Waals surface area contributed by atoms with Crippen LogP contribution in [0.4, 0.5) is 0 Å². The maximum atomic E-state index is 12.9. The molecule has 1 atom stereocenters. The van der Waals surface area contributed by atoms with Crippen LogP contribution < -0.4 is 0 Å². The smallest absolute Gasteiger partial charge is 0.306 e. The molecule has 6 heteroatoms. The zero-order valence-corrected chi connectivity index (χ0v) is 47.1. The molecular formula is C67H108O6. The molecule has 0 aliphatic carbocycles. The number of hydrogen-bond acceptors (Lipinski definition) is 6. The molecule has 0 saturated carbocycles. The Balaban J connectivity index is 4.51. The van der Waals surface area contributed by atoms with Crippen LogP contribution in [0.15, 0.2) is 134 Å². The summed E-state index contributed by atoms with van der Waals surface area (Å²) in [4.78, 5) is 38.3. The molecule has 0 fully saturated rings. The van der Waals surface area contributed by atoms with Crippen LogP contribution >= 0.6 is 0 Å². The average Bonchev–Trinajstić information content (AvgIpc) is 3.39. The van der Waals surface area contributed by atoms with Crippen molar-refractivity contribution in [3.63, 3.8) is 0 Å². The second-order valence-corrected chi connectivity index (χ2v) is 19.1. The molecule has 6 nitrogen and oxygen atoms in total. The second-order valence-electron chi connectivity index (χ2n) is 19.1. The molecule has 412 valence electrons. The molecule has 0 aromatic rings. The van der Waals surface area contributed by atoms with E-state index < -0.39 is 6.10 Å². The van der Waals surface area contributed by atoms with Crippen LogP contribution in [0.1, 0.15) is 252 Å². The monoisotopic (exact) mass is 1010 g/mol. The summed E-state index contributed by atoms with van der Waals surface area (Å²) in [6.07, 6.45) is 84.3. The van der Waals surface area contributed by atoms with Gasteiger partial charge in [0.25, 0.3) is 0 Å². The van der Waals surface area contributed by atoms with E-state index >= 15 is 0 Å². The lowest BCUT2D eigenvalue weighted by Gasteiger charge is -2.18. The molecule has 0 aromatic heterocycles. The molecule has 0 heterocycles. The normalized spacial score (nSPS) is 13.1. The van der Waals surface area contributed by atoms with Crippen molar-refractivity contribution in [3.05, 3.63) is 134 Å². The Bertz CT molecular complexity index is 1580. The van der Waals surface area contributed by atoms with Gasteiger partial charge in [-0.1, -0.05) is 231 Å². The fraction of sp³-hybridized carbons (Fsp3) is 0.627. The van der Waals surface area contributed by atoms with E-state index in [1.807, 2.05) is 0 Å². The summed E-state index contributed by atoms with van der Waals surface area (Å²) in [6, 6.07) is 0. The predicted molar refractivity (Wildman–Crippen MR) is 316 cm³/mol. The van der Waals surface area contributed by atoms with E-state index in [1.165, 1.54) is 51.4 Å². The number of ether oxygens (including phenoxy) is 3. The summed E-state index contributed by atoms with van der Waals surface area (Å²) in [5, 5.41) is 0. The Hall–Kier alpha value is -4.45. The highest BCUT2D eigenvalue weighted by Gasteiger charge is 2.19. The van der Waals surface area contributed by atoms with Crippen LogP contribution in [0.3, 0.4) is 0 Å². The zero-order valence-electron chi connectivity index (χ0n) is 47.1. The predicted octanol–water partition coefficient (Wildman–Crippen LogP) is 20.2. The number of allylic oxidation sites excluding steroid dienone is 22. The van der Waals surface area contributed by atoms with E-state index in [1.54, 1.807) is 0 Å². The number of hydrogen-bond donors (Lipinski definition) is 0. The molecule has 0 N–H and O–H groups in total. The number of esters is 3. The topological polar surface area (TPSA) is 78.9 Å². The highest BCUT2D eigenvalue weighted by Crippen LogP contribution is 2.14. The minimum Gasteiger partial charge on any atom is -0.462 e. The molecule has 0 spiro atoms. The third-order valence-electron chi connectivity index (χ3n) is 12.1. The van der Waals surface area contributed by atoms with Crippen LogP contribution in [0.5, 0.6) is 0 Å². The SMILES string of the molecule is CC/C=C\C/C=C\C/C=C\C/C=C\CCCCCCCCC(=O)OCC(COC(=O)CCCCCC/C=C\C/C=C\C/C=C\C/C=C\CC)OC(=O)CCCCCCCC/C=C\C/C=C\C/C=C\CCCCC. The maximum Gasteiger partial charge on any atom is 0.306 e. The van der Waals surface area contributed by atoms with Crippen molar-refractivity contribution >= 4 is 17.9 Å². The van der Waals surface area contributed by atoms with Gasteiger partial charge in [-0.2, -0.15) is 0 Å². The highest BCUT2D eigenvalue weighted by molar-refractivity contribution is 5.71. The molecule has 0 radical (unpaired) electrons. The standard InChI is InChI=1S/C67H108O6/c1-4-7-10-13-16-19-22-25-28-31-33-36-39-42-45-48-51-54-57-60-66(69)72-63-64(62-71-65(68)59-56-53-50-47-44-41-38-35-30-27-24-21-18-15-12-9-6-3)73-67(70)61-58-55-52-49-46-43-40-37-34-32-29-26-23-20-17-14-11-8-5-2/h7,9-10,12,16-21,25-30,33-34,36-38,41,64H,4-6,8,11,13-15,22-24,31-32,35,39-40,42-63H2,1-3H3/b10-7-,12-9-,19-16-,20-17-,21-18-,28-25-,29-26-,30-27-,36-33-,37-34-,41-38-. The van der Waals surface area contributed by atoms with E-state index in [-0.39, 0.29) is 31.1 Å². The largest absolute Gasteiger partial charge is 0.462 e. The fourth-order valence-corrected chi connectivity index (χ4v) is 7.72. The summed E-state index contributed by atoms with van der Waals surface area (Å²) >= 11 is 0. The summed E-state index contributed by atoms with van der Waals surface area (Å²) < 4.78 is 16.9. The van der Waals surface area contributed by atoms with Gasteiger partial charge in [0.15, 0.2) is 6.10 Å². The van der Waals surface area contributed by atoms with Crippen molar-refractivity contribution in [1.29, 1.82) is 0 Å². The minimum atomic E-state index is -0.808. The van der Waals surface area contributed by atoms with Gasteiger partial charge in [0.1, 0.15) is 13.2 Å². The first kappa shape index (κ1) is 68.6. The van der Waals surface area contributed by atoms with Crippen molar-refractivity contribution < 1.29 is 28.6 Å². The van der Waals surface area contributed by atoms with Gasteiger partial charge in [0.2, 0.25) is 0 Å². The Morgan fingerprint density at radius 3 is 0.836 bits per heavy atom. The average molecular weight is 1010 g/mol. The molecule has 0 aliphatic heterocycles. The number of carbonyl (C=O) groups excluding carboxylic acids is 3. The van der Waals surface area contributed by atoms with E-state index in [2.05, 4.69) is 154 Å². The number of rotatable bonds is 52. The Morgan fingerprint density at radius 2 is 0.534 bits per heavy atom. The van der Waals surface area contributed by atoms with Crippen molar-refractivity contribution in [3.8, 4) is 0 Å². The quantitative estimate of drug-likeness (QED) is 0.0261. The van der Waals surface area contributed by atoms with Crippen LogP contribution in [0.25, 0.3) is 0 Å². The third-order valence-corrected chi connectivity index (χ3v) is 12.1. The van der Waals surface area contributed by atoms with E-state index in [0.29, 0.717) is 19.3 Å². The lowest BCUT2D eigenvalue weighted by molar-refractivity contribution is -0.167. The highest BCUT2D eigenvalue weighted by atomic mass is 16.6. The lowest BCUT2D eigenvalue weighted by atomic mass is 10.1. The van der Waals surface area contributed by atoms with Gasteiger partial charge in [-0.3, -0.25) is 14.4 Å². The second kappa shape index (κ2) is 60.1. The first-order valence-corrected chi connectivity index (χ1v) is 29.7. The lowest BCUT2D eigenvalue weighted by Crippen LogP contribution is -2.30. The Kier molecular flexibility index (Phi) is 56.4. The Morgan fingerprint density at radius 1 is 0.288 bits per heavy atom. The molecule has 73 heavy (non-hydrogen) atoms. The van der Waals surface area contributed by atoms with Crippen LogP contribution in [0, 0.1) is 0 Å².